The Hall–Kier alpha value is -2.27. The smallest absolute Gasteiger partial charge is 0.257 e. The molecule has 1 saturated carbocycles. The average molecular weight is 338 g/mol. The van der Waals surface area contributed by atoms with Crippen LogP contribution in [0.1, 0.15) is 12.8 Å². The highest BCUT2D eigenvalue weighted by molar-refractivity contribution is 8.15. The molecule has 1 fully saturated rings. The van der Waals surface area contributed by atoms with E-state index in [0.29, 0.717) is 28.8 Å². The monoisotopic (exact) mass is 338 g/mol. The second-order valence-corrected chi connectivity index (χ2v) is 7.18. The van der Waals surface area contributed by atoms with Crippen molar-refractivity contribution >= 4 is 39.2 Å². The maximum absolute atomic E-state index is 12.4. The molecular weight excluding hydrogens is 320 g/mol. The first-order valence-electron chi connectivity index (χ1n) is 8.11. The molecule has 5 heteroatoms. The Morgan fingerprint density at radius 3 is 2.79 bits per heavy atom. The molecule has 0 radical (unpaired) electrons. The quantitative estimate of drug-likeness (QED) is 0.887. The fraction of sp³-hybridized carbons (Fsp3) is 0.263. The summed E-state index contributed by atoms with van der Waals surface area (Å²) in [5, 5.41) is 15.8. The lowest BCUT2D eigenvalue weighted by atomic mass is 10.1. The second kappa shape index (κ2) is 6.32. The van der Waals surface area contributed by atoms with Gasteiger partial charge < -0.3 is 10.4 Å². The Morgan fingerprint density at radius 1 is 1.21 bits per heavy atom. The summed E-state index contributed by atoms with van der Waals surface area (Å²) in [4.78, 5) is 17.0. The number of benzene rings is 2. The number of hydrogen-bond donors (Lipinski definition) is 2. The number of carbonyl (C=O) groups is 1. The fourth-order valence-corrected chi connectivity index (χ4v) is 3.67. The predicted octanol–water partition coefficient (Wildman–Crippen LogP) is 3.95. The topological polar surface area (TPSA) is 61.7 Å². The van der Waals surface area contributed by atoms with Crippen LogP contribution in [0.4, 0.5) is 5.69 Å². The summed E-state index contributed by atoms with van der Waals surface area (Å²) < 4.78 is 0. The van der Waals surface area contributed by atoms with E-state index in [1.807, 2.05) is 36.4 Å². The van der Waals surface area contributed by atoms with Crippen LogP contribution >= 0.6 is 11.8 Å². The number of amides is 1. The van der Waals surface area contributed by atoms with Gasteiger partial charge in [0.15, 0.2) is 0 Å². The number of aliphatic hydroxyl groups is 1. The molecule has 2 aliphatic rings. The molecule has 0 atom stereocenters. The fourth-order valence-electron chi connectivity index (χ4n) is 2.73. The molecule has 2 aromatic rings. The zero-order valence-electron chi connectivity index (χ0n) is 13.2. The molecule has 2 aromatic carbocycles. The maximum atomic E-state index is 12.4. The number of aliphatic hydroxyl groups excluding tert-OH is 1. The molecular formula is C19H18N2O2S. The van der Waals surface area contributed by atoms with Crippen LogP contribution in [0, 0.1) is 5.92 Å². The van der Waals surface area contributed by atoms with Gasteiger partial charge in [0.25, 0.3) is 5.91 Å². The minimum absolute atomic E-state index is 0.118. The Balaban J connectivity index is 1.60. The van der Waals surface area contributed by atoms with Crippen molar-refractivity contribution in [3.05, 3.63) is 53.8 Å². The molecule has 2 N–H and O–H groups in total. The van der Waals surface area contributed by atoms with Gasteiger partial charge in [-0.3, -0.25) is 4.79 Å². The number of carbonyl (C=O) groups excluding carboxylic acids is 1. The van der Waals surface area contributed by atoms with Crippen LogP contribution in [-0.4, -0.2) is 28.4 Å². The molecule has 4 nitrogen and oxygen atoms in total. The molecule has 1 aliphatic carbocycles. The summed E-state index contributed by atoms with van der Waals surface area (Å²) in [6, 6.07) is 14.0. The van der Waals surface area contributed by atoms with Crippen LogP contribution in [-0.2, 0) is 4.79 Å². The van der Waals surface area contributed by atoms with Crippen molar-refractivity contribution in [3.63, 3.8) is 0 Å². The van der Waals surface area contributed by atoms with Gasteiger partial charge in [-0.15, -0.1) is 0 Å². The first kappa shape index (κ1) is 15.3. The van der Waals surface area contributed by atoms with E-state index in [4.69, 9.17) is 0 Å². The maximum Gasteiger partial charge on any atom is 0.257 e. The average Bonchev–Trinajstić information content (AvgIpc) is 3.36. The van der Waals surface area contributed by atoms with E-state index in [2.05, 4.69) is 16.4 Å². The molecule has 0 saturated heterocycles. The van der Waals surface area contributed by atoms with Gasteiger partial charge in [-0.25, -0.2) is 4.99 Å². The van der Waals surface area contributed by atoms with Crippen molar-refractivity contribution in [1.29, 1.82) is 0 Å². The summed E-state index contributed by atoms with van der Waals surface area (Å²) in [5.74, 6) is 0.905. The van der Waals surface area contributed by atoms with Gasteiger partial charge in [0.05, 0.1) is 11.4 Å². The van der Waals surface area contributed by atoms with Crippen molar-refractivity contribution in [2.45, 2.75) is 12.8 Å². The van der Waals surface area contributed by atoms with E-state index in [9.17, 15) is 9.90 Å². The third-order valence-electron chi connectivity index (χ3n) is 4.29. The molecule has 1 heterocycles. The van der Waals surface area contributed by atoms with Crippen molar-refractivity contribution in [3.8, 4) is 0 Å². The molecule has 1 aliphatic heterocycles. The van der Waals surface area contributed by atoms with Crippen LogP contribution in [0.2, 0.25) is 0 Å². The van der Waals surface area contributed by atoms with Crippen LogP contribution in [0.5, 0.6) is 0 Å². The lowest BCUT2D eigenvalue weighted by molar-refractivity contribution is -0.117. The number of hydrogen-bond acceptors (Lipinski definition) is 4. The molecule has 0 unspecified atom stereocenters. The highest BCUT2D eigenvalue weighted by atomic mass is 32.2. The molecule has 24 heavy (non-hydrogen) atoms. The molecule has 122 valence electrons. The summed E-state index contributed by atoms with van der Waals surface area (Å²) >= 11 is 1.40. The molecule has 0 aromatic heterocycles. The van der Waals surface area contributed by atoms with E-state index in [-0.39, 0.29) is 11.7 Å². The van der Waals surface area contributed by atoms with E-state index in [1.54, 1.807) is 0 Å². The predicted molar refractivity (Wildman–Crippen MR) is 98.9 cm³/mol. The minimum Gasteiger partial charge on any atom is -0.510 e. The number of nitrogens with one attached hydrogen (secondary N) is 1. The second-order valence-electron chi connectivity index (χ2n) is 6.21. The number of aliphatic imine (C=N–C) groups is 1. The number of nitrogens with zero attached hydrogens (tertiary/aromatic N) is 1. The normalized spacial score (nSPS) is 19.2. The highest BCUT2D eigenvalue weighted by Gasteiger charge is 2.29. The van der Waals surface area contributed by atoms with Gasteiger partial charge in [0.1, 0.15) is 16.4 Å². The first-order valence-corrected chi connectivity index (χ1v) is 9.10. The van der Waals surface area contributed by atoms with Gasteiger partial charge in [-0.05, 0) is 41.7 Å². The Labute approximate surface area is 144 Å². The summed E-state index contributed by atoms with van der Waals surface area (Å²) in [6.07, 6.45) is 2.36. The minimum atomic E-state index is -0.219. The molecule has 0 spiro atoms. The molecule has 4 rings (SSSR count). The van der Waals surface area contributed by atoms with E-state index < -0.39 is 0 Å². The van der Waals surface area contributed by atoms with Crippen molar-refractivity contribution in [1.82, 2.24) is 5.32 Å². The number of fused-ring (bicyclic) bond motifs is 1. The Morgan fingerprint density at radius 2 is 2.00 bits per heavy atom. The third kappa shape index (κ3) is 3.17. The van der Waals surface area contributed by atoms with Crippen molar-refractivity contribution < 1.29 is 9.90 Å². The summed E-state index contributed by atoms with van der Waals surface area (Å²) in [6.45, 7) is 0.684. The zero-order valence-corrected chi connectivity index (χ0v) is 14.0. The SMILES string of the molecule is O=C(NCC1CC1)C1=C(O)CSC1=Nc1ccc2ccccc2c1. The molecule has 0 bridgehead atoms. The van der Waals surface area contributed by atoms with Gasteiger partial charge in [0.2, 0.25) is 0 Å². The van der Waals surface area contributed by atoms with Crippen LogP contribution in [0.25, 0.3) is 10.8 Å². The van der Waals surface area contributed by atoms with Gasteiger partial charge in [0, 0.05) is 6.54 Å². The van der Waals surface area contributed by atoms with Gasteiger partial charge in [-0.1, -0.05) is 42.1 Å². The zero-order chi connectivity index (χ0) is 16.5. The largest absolute Gasteiger partial charge is 0.510 e. The van der Waals surface area contributed by atoms with E-state index in [0.717, 1.165) is 16.5 Å². The molecule has 1 amide bonds. The first-order chi connectivity index (χ1) is 11.7. The van der Waals surface area contributed by atoms with E-state index >= 15 is 0 Å². The summed E-state index contributed by atoms with van der Waals surface area (Å²) in [7, 11) is 0. The lowest BCUT2D eigenvalue weighted by Crippen LogP contribution is -2.29. The van der Waals surface area contributed by atoms with E-state index in [1.165, 1.54) is 24.6 Å². The Bertz CT molecular complexity index is 869. The van der Waals surface area contributed by atoms with Crippen LogP contribution in [0.3, 0.4) is 0 Å². The van der Waals surface area contributed by atoms with Crippen molar-refractivity contribution in [2.24, 2.45) is 10.9 Å². The van der Waals surface area contributed by atoms with Crippen LogP contribution < -0.4 is 5.32 Å². The van der Waals surface area contributed by atoms with Crippen molar-refractivity contribution in [2.75, 3.05) is 12.3 Å². The lowest BCUT2D eigenvalue weighted by Gasteiger charge is -2.07. The Kier molecular flexibility index (Phi) is 4.02. The highest BCUT2D eigenvalue weighted by Crippen LogP contribution is 2.31. The van der Waals surface area contributed by atoms with Gasteiger partial charge in [-0.2, -0.15) is 0 Å². The third-order valence-corrected chi connectivity index (χ3v) is 5.27. The standard InChI is InChI=1S/C19H18N2O2S/c22-16-11-24-19(17(16)18(23)20-10-12-5-6-12)21-15-8-7-13-3-1-2-4-14(13)9-15/h1-4,7-9,12,22H,5-6,10-11H2,(H,20,23). The summed E-state index contributed by atoms with van der Waals surface area (Å²) in [5.41, 5.74) is 1.12. The van der Waals surface area contributed by atoms with Crippen LogP contribution in [0.15, 0.2) is 58.8 Å². The number of rotatable bonds is 4. The van der Waals surface area contributed by atoms with Gasteiger partial charge >= 0.3 is 0 Å². The number of thioether (sulfide) groups is 1.